The Morgan fingerprint density at radius 3 is 2.40 bits per heavy atom. The highest BCUT2D eigenvalue weighted by Crippen LogP contribution is 2.18. The number of nitrogens with one attached hydrogen (secondary N) is 4. The largest absolute Gasteiger partial charge is 0.480 e. The highest BCUT2D eigenvalue weighted by molar-refractivity contribution is 5.93. The predicted molar refractivity (Wildman–Crippen MR) is 125 cm³/mol. The fourth-order valence-electron chi connectivity index (χ4n) is 3.36. The van der Waals surface area contributed by atoms with Crippen LogP contribution in [0.3, 0.4) is 0 Å². The summed E-state index contributed by atoms with van der Waals surface area (Å²) in [5, 5.41) is 26.8. The van der Waals surface area contributed by atoms with Crippen molar-refractivity contribution in [2.75, 3.05) is 6.54 Å². The third kappa shape index (κ3) is 8.08. The summed E-state index contributed by atoms with van der Waals surface area (Å²) >= 11 is 0. The number of primary amides is 1. The van der Waals surface area contributed by atoms with Crippen molar-refractivity contribution in [2.24, 2.45) is 11.5 Å². The molecule has 0 spiro atoms. The molecule has 0 bridgehead atoms. The molecule has 0 aliphatic heterocycles. The summed E-state index contributed by atoms with van der Waals surface area (Å²) in [7, 11) is 0. The fourth-order valence-corrected chi connectivity index (χ4v) is 3.36. The van der Waals surface area contributed by atoms with Crippen molar-refractivity contribution in [3.63, 3.8) is 0 Å². The van der Waals surface area contributed by atoms with Crippen molar-refractivity contribution < 1.29 is 34.2 Å². The Morgan fingerprint density at radius 1 is 1.09 bits per heavy atom. The quantitative estimate of drug-likeness (QED) is 0.154. The number of aromatic nitrogens is 1. The third-order valence-corrected chi connectivity index (χ3v) is 5.25. The second-order valence-corrected chi connectivity index (χ2v) is 8.08. The van der Waals surface area contributed by atoms with Gasteiger partial charge in [-0.3, -0.25) is 19.2 Å². The van der Waals surface area contributed by atoms with E-state index in [1.165, 1.54) is 6.92 Å². The van der Waals surface area contributed by atoms with Crippen LogP contribution >= 0.6 is 0 Å². The Balaban J connectivity index is 1.89. The first-order valence-corrected chi connectivity index (χ1v) is 10.9. The Morgan fingerprint density at radius 2 is 1.77 bits per heavy atom. The number of rotatable bonds is 13. The highest BCUT2D eigenvalue weighted by Gasteiger charge is 2.30. The van der Waals surface area contributed by atoms with Crippen LogP contribution in [0.4, 0.5) is 0 Å². The van der Waals surface area contributed by atoms with Crippen LogP contribution in [-0.4, -0.2) is 75.6 Å². The topological polar surface area (TPSA) is 230 Å². The van der Waals surface area contributed by atoms with E-state index in [0.717, 1.165) is 16.5 Å². The number of hydrogen-bond donors (Lipinski definition) is 8. The fraction of sp³-hybridized carbons (Fsp3) is 0.409. The SMILES string of the molecule is CC(O)C(NC(=O)CNC(=O)C(N)Cc1c[nH]c2ccccc12)C(=O)NC(CCC(N)=O)C(=O)O. The van der Waals surface area contributed by atoms with Crippen LogP contribution < -0.4 is 27.4 Å². The Bertz CT molecular complexity index is 1080. The zero-order valence-corrected chi connectivity index (χ0v) is 19.1. The molecule has 4 amide bonds. The summed E-state index contributed by atoms with van der Waals surface area (Å²) in [4.78, 5) is 62.4. The van der Waals surface area contributed by atoms with Gasteiger partial charge in [-0.15, -0.1) is 0 Å². The highest BCUT2D eigenvalue weighted by atomic mass is 16.4. The van der Waals surface area contributed by atoms with Crippen molar-refractivity contribution in [3.05, 3.63) is 36.0 Å². The number of carbonyl (C=O) groups is 5. The van der Waals surface area contributed by atoms with Crippen LogP contribution in [0.25, 0.3) is 10.9 Å². The number of carbonyl (C=O) groups excluding carboxylic acids is 4. The van der Waals surface area contributed by atoms with E-state index in [9.17, 15) is 34.2 Å². The van der Waals surface area contributed by atoms with E-state index in [1.54, 1.807) is 6.20 Å². The summed E-state index contributed by atoms with van der Waals surface area (Å²) in [6.45, 7) is 0.695. The van der Waals surface area contributed by atoms with Crippen LogP contribution in [0.15, 0.2) is 30.5 Å². The number of carboxylic acid groups (broad SMARTS) is 1. The minimum atomic E-state index is -1.50. The number of benzene rings is 1. The molecule has 2 rings (SSSR count). The monoisotopic (exact) mass is 490 g/mol. The molecule has 0 radical (unpaired) electrons. The predicted octanol–water partition coefficient (Wildman–Crippen LogP) is -2.15. The van der Waals surface area contributed by atoms with Gasteiger partial charge >= 0.3 is 5.97 Å². The maximum Gasteiger partial charge on any atom is 0.326 e. The van der Waals surface area contributed by atoms with Crippen molar-refractivity contribution in [2.45, 2.75) is 50.4 Å². The van der Waals surface area contributed by atoms with Gasteiger partial charge in [0.05, 0.1) is 18.7 Å². The summed E-state index contributed by atoms with van der Waals surface area (Å²) in [5.41, 5.74) is 12.7. The normalized spacial score (nSPS) is 14.4. The van der Waals surface area contributed by atoms with Gasteiger partial charge in [0.25, 0.3) is 0 Å². The molecule has 13 heteroatoms. The van der Waals surface area contributed by atoms with E-state index in [4.69, 9.17) is 11.5 Å². The molecule has 190 valence electrons. The van der Waals surface area contributed by atoms with Gasteiger partial charge in [0.1, 0.15) is 12.1 Å². The molecule has 1 aromatic heterocycles. The standard InChI is InChI=1S/C22H30N6O7/c1-11(29)19(21(33)27-16(22(34)35)6-7-17(24)30)28-18(31)10-26-20(32)14(23)8-12-9-25-15-5-3-2-4-13(12)15/h2-5,9,11,14,16,19,25,29H,6-8,10,23H2,1H3,(H2,24,30)(H,26,32)(H,27,33)(H,28,31)(H,34,35). The van der Waals surface area contributed by atoms with Gasteiger partial charge in [0.15, 0.2) is 0 Å². The summed E-state index contributed by atoms with van der Waals surface area (Å²) in [6.07, 6.45) is 0.0430. The number of amides is 4. The lowest BCUT2D eigenvalue weighted by atomic mass is 10.1. The van der Waals surface area contributed by atoms with Crippen molar-refractivity contribution in [3.8, 4) is 0 Å². The van der Waals surface area contributed by atoms with Gasteiger partial charge in [0.2, 0.25) is 23.6 Å². The van der Waals surface area contributed by atoms with Gasteiger partial charge < -0.3 is 42.6 Å². The number of para-hydroxylation sites is 1. The van der Waals surface area contributed by atoms with E-state index in [-0.39, 0.29) is 19.3 Å². The maximum atomic E-state index is 12.4. The average Bonchev–Trinajstić information content (AvgIpc) is 3.20. The summed E-state index contributed by atoms with van der Waals surface area (Å²) in [5.74, 6) is -4.53. The zero-order chi connectivity index (χ0) is 26.1. The molecule has 1 aromatic carbocycles. The molecule has 10 N–H and O–H groups in total. The first-order chi connectivity index (χ1) is 16.5. The van der Waals surface area contributed by atoms with E-state index in [1.807, 2.05) is 24.3 Å². The molecule has 4 unspecified atom stereocenters. The van der Waals surface area contributed by atoms with Gasteiger partial charge in [-0.2, -0.15) is 0 Å². The first kappa shape index (κ1) is 27.3. The maximum absolute atomic E-state index is 12.4. The lowest BCUT2D eigenvalue weighted by Crippen LogP contribution is -2.57. The number of hydrogen-bond acceptors (Lipinski definition) is 7. The van der Waals surface area contributed by atoms with Gasteiger partial charge in [-0.05, 0) is 31.4 Å². The Kier molecular flexibility index (Phi) is 9.73. The second kappa shape index (κ2) is 12.5. The number of carboxylic acids is 1. The van der Waals surface area contributed by atoms with E-state index >= 15 is 0 Å². The lowest BCUT2D eigenvalue weighted by molar-refractivity contribution is -0.143. The van der Waals surface area contributed by atoms with Gasteiger partial charge in [-0.1, -0.05) is 18.2 Å². The second-order valence-electron chi connectivity index (χ2n) is 8.08. The number of nitrogens with two attached hydrogens (primary N) is 2. The molecule has 0 fully saturated rings. The van der Waals surface area contributed by atoms with E-state index in [0.29, 0.717) is 0 Å². The smallest absolute Gasteiger partial charge is 0.326 e. The summed E-state index contributed by atoms with van der Waals surface area (Å²) in [6, 6.07) is 3.62. The zero-order valence-electron chi connectivity index (χ0n) is 19.1. The number of H-pyrrole nitrogens is 1. The molecular weight excluding hydrogens is 460 g/mol. The summed E-state index contributed by atoms with van der Waals surface area (Å²) < 4.78 is 0. The molecule has 35 heavy (non-hydrogen) atoms. The van der Waals surface area contributed by atoms with Crippen LogP contribution in [0.2, 0.25) is 0 Å². The Hall–Kier alpha value is -3.97. The van der Waals surface area contributed by atoms with Gasteiger partial charge in [-0.25, -0.2) is 4.79 Å². The van der Waals surface area contributed by atoms with Crippen LogP contribution in [0, 0.1) is 0 Å². The van der Waals surface area contributed by atoms with Crippen molar-refractivity contribution in [1.82, 2.24) is 20.9 Å². The molecule has 1 heterocycles. The third-order valence-electron chi connectivity index (χ3n) is 5.25. The molecule has 0 saturated heterocycles. The number of aromatic amines is 1. The Labute approximate surface area is 200 Å². The molecule has 0 aliphatic carbocycles. The number of aliphatic hydroxyl groups is 1. The van der Waals surface area contributed by atoms with E-state index in [2.05, 4.69) is 20.9 Å². The van der Waals surface area contributed by atoms with E-state index < -0.39 is 60.4 Å². The molecule has 13 nitrogen and oxygen atoms in total. The minimum Gasteiger partial charge on any atom is -0.480 e. The number of fused-ring (bicyclic) bond motifs is 1. The van der Waals surface area contributed by atoms with Crippen molar-refractivity contribution in [1.29, 1.82) is 0 Å². The lowest BCUT2D eigenvalue weighted by Gasteiger charge is -2.23. The molecule has 4 atom stereocenters. The number of aliphatic carboxylic acids is 1. The van der Waals surface area contributed by atoms with Gasteiger partial charge in [0, 0.05) is 23.5 Å². The molecular formula is C22H30N6O7. The average molecular weight is 491 g/mol. The minimum absolute atomic E-state index is 0.220. The molecule has 0 saturated carbocycles. The van der Waals surface area contributed by atoms with Crippen molar-refractivity contribution >= 4 is 40.5 Å². The first-order valence-electron chi connectivity index (χ1n) is 10.9. The van der Waals surface area contributed by atoms with Crippen LogP contribution in [0.5, 0.6) is 0 Å². The van der Waals surface area contributed by atoms with Crippen LogP contribution in [-0.2, 0) is 30.4 Å². The number of aliphatic hydroxyl groups excluding tert-OH is 1. The molecule has 0 aliphatic rings. The van der Waals surface area contributed by atoms with Crippen LogP contribution in [0.1, 0.15) is 25.3 Å². The molecule has 2 aromatic rings.